The van der Waals surface area contributed by atoms with E-state index >= 15 is 0 Å². The Morgan fingerprint density at radius 2 is 2.07 bits per heavy atom. The van der Waals surface area contributed by atoms with Gasteiger partial charge in [0.15, 0.2) is 15.9 Å². The molecule has 6 nitrogen and oxygen atoms in total. The molecule has 2 aromatic rings. The molecule has 1 amide bonds. The van der Waals surface area contributed by atoms with Crippen molar-refractivity contribution in [2.24, 2.45) is 0 Å². The highest BCUT2D eigenvalue weighted by Crippen LogP contribution is 2.25. The predicted octanol–water partition coefficient (Wildman–Crippen LogP) is 3.53. The van der Waals surface area contributed by atoms with Crippen LogP contribution in [0.5, 0.6) is 5.75 Å². The molecule has 152 valence electrons. The van der Waals surface area contributed by atoms with Gasteiger partial charge in [-0.1, -0.05) is 11.6 Å². The zero-order chi connectivity index (χ0) is 20.5. The zero-order valence-corrected chi connectivity index (χ0v) is 17.7. The maximum absolute atomic E-state index is 13.1. The lowest BCUT2D eigenvalue weighted by molar-refractivity contribution is -0.140. The largest absolute Gasteiger partial charge is 0.481 e. The fourth-order valence-electron chi connectivity index (χ4n) is 3.32. The summed E-state index contributed by atoms with van der Waals surface area (Å²) in [6.07, 6.45) is -0.361. The molecule has 2 atom stereocenters. The first kappa shape index (κ1) is 20.7. The molecule has 1 aromatic heterocycles. The maximum atomic E-state index is 13.1. The van der Waals surface area contributed by atoms with Crippen LogP contribution in [-0.4, -0.2) is 42.9 Å². The molecule has 0 unspecified atom stereocenters. The average molecular weight is 426 g/mol. The van der Waals surface area contributed by atoms with Crippen molar-refractivity contribution >= 4 is 27.3 Å². The molecule has 0 spiro atoms. The van der Waals surface area contributed by atoms with Gasteiger partial charge in [-0.15, -0.1) is 0 Å². The summed E-state index contributed by atoms with van der Waals surface area (Å²) in [7, 11) is -3.14. The van der Waals surface area contributed by atoms with Crippen molar-refractivity contribution in [3.63, 3.8) is 0 Å². The number of ether oxygens (including phenoxy) is 1. The van der Waals surface area contributed by atoms with Crippen LogP contribution in [0.15, 0.2) is 34.7 Å². The third kappa shape index (κ3) is 4.89. The van der Waals surface area contributed by atoms with Crippen LogP contribution in [0.1, 0.15) is 30.4 Å². The summed E-state index contributed by atoms with van der Waals surface area (Å²) < 4.78 is 35.3. The second kappa shape index (κ2) is 8.17. The van der Waals surface area contributed by atoms with Crippen molar-refractivity contribution in [2.45, 2.75) is 45.9 Å². The quantitative estimate of drug-likeness (QED) is 0.707. The molecule has 8 heteroatoms. The Balaban J connectivity index is 1.79. The van der Waals surface area contributed by atoms with Crippen LogP contribution < -0.4 is 4.74 Å². The number of carbonyl (C=O) groups excluding carboxylic acids is 1. The van der Waals surface area contributed by atoms with Crippen LogP contribution in [0.4, 0.5) is 0 Å². The molecule has 0 radical (unpaired) electrons. The number of sulfone groups is 1. The van der Waals surface area contributed by atoms with E-state index in [0.29, 0.717) is 23.0 Å². The van der Waals surface area contributed by atoms with E-state index in [0.717, 1.165) is 11.3 Å². The monoisotopic (exact) mass is 425 g/mol. The molecule has 3 rings (SSSR count). The molecule has 0 N–H and O–H groups in total. The summed E-state index contributed by atoms with van der Waals surface area (Å²) >= 11 is 6.04. The van der Waals surface area contributed by atoms with Crippen LogP contribution in [0.2, 0.25) is 5.02 Å². The predicted molar refractivity (Wildman–Crippen MR) is 107 cm³/mol. The summed E-state index contributed by atoms with van der Waals surface area (Å²) in [6.45, 7) is 5.55. The Hall–Kier alpha value is -1.99. The number of rotatable bonds is 6. The van der Waals surface area contributed by atoms with Gasteiger partial charge in [0.1, 0.15) is 17.3 Å². The van der Waals surface area contributed by atoms with Crippen molar-refractivity contribution in [3.8, 4) is 5.75 Å². The van der Waals surface area contributed by atoms with Crippen LogP contribution in [0.3, 0.4) is 0 Å². The normalized spacial score (nSPS) is 19.4. The number of benzene rings is 1. The molecular formula is C20H24ClNO5S. The van der Waals surface area contributed by atoms with E-state index in [-0.39, 0.29) is 30.0 Å². The molecule has 1 aromatic carbocycles. The molecular weight excluding hydrogens is 402 g/mol. The van der Waals surface area contributed by atoms with Crippen LogP contribution >= 0.6 is 11.6 Å². The fraction of sp³-hybridized carbons (Fsp3) is 0.450. The first-order valence-electron chi connectivity index (χ1n) is 9.13. The van der Waals surface area contributed by atoms with Crippen LogP contribution in [-0.2, 0) is 21.2 Å². The van der Waals surface area contributed by atoms with Gasteiger partial charge < -0.3 is 14.1 Å². The number of hydrogen-bond acceptors (Lipinski definition) is 5. The molecule has 28 heavy (non-hydrogen) atoms. The van der Waals surface area contributed by atoms with E-state index in [1.165, 1.54) is 0 Å². The number of furan rings is 1. The number of nitrogens with zero attached hydrogens (tertiary/aromatic N) is 1. The van der Waals surface area contributed by atoms with Gasteiger partial charge in [0.25, 0.3) is 5.91 Å². The SMILES string of the molecule is Cc1ccc(CN(C(=O)[C@H](C)Oc2ccc(Cl)c(C)c2)[C@@H]2CCS(=O)(=O)C2)o1. The lowest BCUT2D eigenvalue weighted by Gasteiger charge is -2.30. The molecule has 0 saturated carbocycles. The molecule has 1 fully saturated rings. The van der Waals surface area contributed by atoms with Gasteiger partial charge in [0.2, 0.25) is 0 Å². The Morgan fingerprint density at radius 3 is 2.64 bits per heavy atom. The minimum Gasteiger partial charge on any atom is -0.481 e. The third-order valence-electron chi connectivity index (χ3n) is 4.84. The van der Waals surface area contributed by atoms with E-state index in [1.807, 2.05) is 19.9 Å². The van der Waals surface area contributed by atoms with E-state index in [2.05, 4.69) is 0 Å². The van der Waals surface area contributed by atoms with Crippen molar-refractivity contribution < 1.29 is 22.4 Å². The highest BCUT2D eigenvalue weighted by molar-refractivity contribution is 7.91. The van der Waals surface area contributed by atoms with Gasteiger partial charge in [-0.3, -0.25) is 4.79 Å². The maximum Gasteiger partial charge on any atom is 0.264 e. The highest BCUT2D eigenvalue weighted by atomic mass is 35.5. The summed E-state index contributed by atoms with van der Waals surface area (Å²) in [5.41, 5.74) is 0.851. The lowest BCUT2D eigenvalue weighted by Crippen LogP contribution is -2.46. The van der Waals surface area contributed by atoms with Gasteiger partial charge in [0.05, 0.1) is 18.1 Å². The second-order valence-electron chi connectivity index (χ2n) is 7.21. The number of amides is 1. The zero-order valence-electron chi connectivity index (χ0n) is 16.1. The molecule has 2 heterocycles. The second-order valence-corrected chi connectivity index (χ2v) is 9.84. The Morgan fingerprint density at radius 1 is 1.32 bits per heavy atom. The van der Waals surface area contributed by atoms with Crippen molar-refractivity contribution in [3.05, 3.63) is 52.4 Å². The third-order valence-corrected chi connectivity index (χ3v) is 7.02. The van der Waals surface area contributed by atoms with E-state index in [4.69, 9.17) is 20.8 Å². The molecule has 1 saturated heterocycles. The van der Waals surface area contributed by atoms with Crippen LogP contribution in [0, 0.1) is 13.8 Å². The van der Waals surface area contributed by atoms with Crippen molar-refractivity contribution in [1.29, 1.82) is 0 Å². The Labute approximate surface area is 170 Å². The van der Waals surface area contributed by atoms with E-state index in [1.54, 1.807) is 36.1 Å². The minimum absolute atomic E-state index is 0.0365. The smallest absolute Gasteiger partial charge is 0.264 e. The summed E-state index contributed by atoms with van der Waals surface area (Å²) in [4.78, 5) is 14.7. The summed E-state index contributed by atoms with van der Waals surface area (Å²) in [6, 6.07) is 8.43. The first-order chi connectivity index (χ1) is 13.1. The van der Waals surface area contributed by atoms with Gasteiger partial charge in [-0.05, 0) is 63.1 Å². The van der Waals surface area contributed by atoms with Gasteiger partial charge >= 0.3 is 0 Å². The molecule has 1 aliphatic heterocycles. The lowest BCUT2D eigenvalue weighted by atomic mass is 10.2. The van der Waals surface area contributed by atoms with Gasteiger partial charge in [-0.2, -0.15) is 0 Å². The minimum atomic E-state index is -3.14. The summed E-state index contributed by atoms with van der Waals surface area (Å²) in [5, 5.41) is 0.623. The number of aryl methyl sites for hydroxylation is 2. The standard InChI is InChI=1S/C20H24ClNO5S/c1-13-10-17(6-7-19(13)21)27-15(3)20(23)22(11-18-5-4-14(2)26-18)16-8-9-28(24,25)12-16/h4-7,10,15-16H,8-9,11-12H2,1-3H3/t15-,16+/m0/s1. The molecule has 1 aliphatic rings. The Bertz CT molecular complexity index is 969. The topological polar surface area (TPSA) is 76.8 Å². The van der Waals surface area contributed by atoms with E-state index < -0.39 is 15.9 Å². The number of carbonyl (C=O) groups is 1. The van der Waals surface area contributed by atoms with Crippen LogP contribution in [0.25, 0.3) is 0 Å². The summed E-state index contributed by atoms with van der Waals surface area (Å²) in [5.74, 6) is 1.67. The van der Waals surface area contributed by atoms with Crippen molar-refractivity contribution in [1.82, 2.24) is 4.90 Å². The average Bonchev–Trinajstić information content (AvgIpc) is 3.20. The van der Waals surface area contributed by atoms with Gasteiger partial charge in [0, 0.05) is 11.1 Å². The van der Waals surface area contributed by atoms with E-state index in [9.17, 15) is 13.2 Å². The van der Waals surface area contributed by atoms with Gasteiger partial charge in [-0.25, -0.2) is 8.42 Å². The fourth-order valence-corrected chi connectivity index (χ4v) is 5.17. The number of hydrogen-bond donors (Lipinski definition) is 0. The Kier molecular flexibility index (Phi) is 6.05. The number of halogens is 1. The molecule has 0 aliphatic carbocycles. The first-order valence-corrected chi connectivity index (χ1v) is 11.3. The highest BCUT2D eigenvalue weighted by Gasteiger charge is 2.37. The molecule has 0 bridgehead atoms. The van der Waals surface area contributed by atoms with Crippen molar-refractivity contribution in [2.75, 3.05) is 11.5 Å².